The SMILES string of the molecule is COc1cc(/C=C2/C(=O)NC(=O)N(c3cccc(C)c3)C2=O)cc(I)c1OCc1ccc(Cl)cc1. The van der Waals surface area contributed by atoms with E-state index in [1.54, 1.807) is 42.5 Å². The van der Waals surface area contributed by atoms with E-state index in [4.69, 9.17) is 21.1 Å². The van der Waals surface area contributed by atoms with Crippen molar-refractivity contribution in [3.63, 3.8) is 0 Å². The molecule has 9 heteroatoms. The Kier molecular flexibility index (Phi) is 7.42. The lowest BCUT2D eigenvalue weighted by Gasteiger charge is -2.26. The molecule has 0 bridgehead atoms. The van der Waals surface area contributed by atoms with Crippen molar-refractivity contribution in [1.82, 2.24) is 5.32 Å². The minimum absolute atomic E-state index is 0.168. The van der Waals surface area contributed by atoms with Crippen LogP contribution in [0, 0.1) is 10.5 Å². The van der Waals surface area contributed by atoms with Crippen LogP contribution in [0.4, 0.5) is 10.5 Å². The topological polar surface area (TPSA) is 84.9 Å². The second kappa shape index (κ2) is 10.5. The highest BCUT2D eigenvalue weighted by atomic mass is 127. The summed E-state index contributed by atoms with van der Waals surface area (Å²) in [5.74, 6) is -0.503. The number of nitrogens with one attached hydrogen (secondary N) is 1. The van der Waals surface area contributed by atoms with Gasteiger partial charge < -0.3 is 9.47 Å². The number of halogens is 2. The normalized spacial score (nSPS) is 14.8. The van der Waals surface area contributed by atoms with E-state index in [-0.39, 0.29) is 5.57 Å². The van der Waals surface area contributed by atoms with Crippen molar-refractivity contribution >= 4 is 63.8 Å². The molecule has 0 spiro atoms. The monoisotopic (exact) mass is 602 g/mol. The molecule has 1 aliphatic rings. The molecule has 1 aliphatic heterocycles. The Morgan fingerprint density at radius 1 is 1.06 bits per heavy atom. The molecule has 0 aliphatic carbocycles. The lowest BCUT2D eigenvalue weighted by molar-refractivity contribution is -0.122. The van der Waals surface area contributed by atoms with Crippen LogP contribution in [0.5, 0.6) is 11.5 Å². The van der Waals surface area contributed by atoms with Crippen molar-refractivity contribution in [2.24, 2.45) is 0 Å². The molecule has 178 valence electrons. The minimum atomic E-state index is -0.791. The minimum Gasteiger partial charge on any atom is -0.493 e. The Morgan fingerprint density at radius 2 is 1.80 bits per heavy atom. The maximum Gasteiger partial charge on any atom is 0.335 e. The van der Waals surface area contributed by atoms with Crippen molar-refractivity contribution in [2.75, 3.05) is 12.0 Å². The second-order valence-corrected chi connectivity index (χ2v) is 9.34. The highest BCUT2D eigenvalue weighted by Gasteiger charge is 2.36. The lowest BCUT2D eigenvalue weighted by Crippen LogP contribution is -2.54. The van der Waals surface area contributed by atoms with E-state index in [0.717, 1.165) is 19.6 Å². The Labute approximate surface area is 220 Å². The van der Waals surface area contributed by atoms with E-state index in [1.807, 2.05) is 25.1 Å². The maximum absolute atomic E-state index is 13.2. The molecule has 3 aromatic rings. The first kappa shape index (κ1) is 24.7. The van der Waals surface area contributed by atoms with Gasteiger partial charge in [0.2, 0.25) is 0 Å². The maximum atomic E-state index is 13.2. The van der Waals surface area contributed by atoms with E-state index in [2.05, 4.69) is 27.9 Å². The number of methoxy groups -OCH3 is 1. The Bertz CT molecular complexity index is 1350. The number of ether oxygens (including phenoxy) is 2. The fourth-order valence-corrected chi connectivity index (χ4v) is 4.43. The number of barbiturate groups is 1. The van der Waals surface area contributed by atoms with Crippen LogP contribution in [-0.4, -0.2) is 25.0 Å². The third-order valence-electron chi connectivity index (χ3n) is 5.22. The van der Waals surface area contributed by atoms with Gasteiger partial charge in [0.1, 0.15) is 12.2 Å². The molecule has 1 saturated heterocycles. The molecular weight excluding hydrogens is 583 g/mol. The van der Waals surface area contributed by atoms with Crippen molar-refractivity contribution in [3.8, 4) is 11.5 Å². The van der Waals surface area contributed by atoms with Gasteiger partial charge in [-0.3, -0.25) is 14.9 Å². The summed E-state index contributed by atoms with van der Waals surface area (Å²) < 4.78 is 12.2. The molecule has 0 radical (unpaired) electrons. The third-order valence-corrected chi connectivity index (χ3v) is 6.27. The van der Waals surface area contributed by atoms with Gasteiger partial charge in [-0.05, 0) is 88.7 Å². The van der Waals surface area contributed by atoms with Gasteiger partial charge in [-0.1, -0.05) is 35.9 Å². The first-order valence-corrected chi connectivity index (χ1v) is 12.0. The lowest BCUT2D eigenvalue weighted by atomic mass is 10.1. The fourth-order valence-electron chi connectivity index (χ4n) is 3.52. The standard InChI is InChI=1S/C26H20ClIN2O5/c1-15-4-3-5-19(10-15)30-25(32)20(24(31)29-26(30)33)11-17-12-21(28)23(22(13-17)34-2)35-14-16-6-8-18(27)9-7-16/h3-13H,14H2,1-2H3,(H,29,31,33)/b20-11-. The number of benzene rings is 3. The first-order valence-electron chi connectivity index (χ1n) is 10.5. The number of nitrogens with zero attached hydrogens (tertiary/aromatic N) is 1. The zero-order valence-electron chi connectivity index (χ0n) is 18.8. The van der Waals surface area contributed by atoms with Crippen molar-refractivity contribution in [3.05, 3.63) is 91.5 Å². The average Bonchev–Trinajstić information content (AvgIpc) is 2.82. The van der Waals surface area contributed by atoms with Gasteiger partial charge in [0.05, 0.1) is 16.4 Å². The largest absolute Gasteiger partial charge is 0.493 e. The molecule has 4 rings (SSSR count). The van der Waals surface area contributed by atoms with Crippen LogP contribution >= 0.6 is 34.2 Å². The number of rotatable bonds is 6. The predicted octanol–water partition coefficient (Wildman–Crippen LogP) is 5.51. The van der Waals surface area contributed by atoms with E-state index in [9.17, 15) is 14.4 Å². The molecule has 1 fully saturated rings. The molecule has 3 aromatic carbocycles. The van der Waals surface area contributed by atoms with E-state index < -0.39 is 17.8 Å². The van der Waals surface area contributed by atoms with E-state index in [0.29, 0.717) is 34.4 Å². The Balaban J connectivity index is 1.64. The fraction of sp³-hybridized carbons (Fsp3) is 0.115. The number of hydrogen-bond acceptors (Lipinski definition) is 5. The molecule has 0 saturated carbocycles. The number of hydrogen-bond donors (Lipinski definition) is 1. The molecule has 0 aromatic heterocycles. The molecule has 0 unspecified atom stereocenters. The zero-order valence-corrected chi connectivity index (χ0v) is 21.7. The van der Waals surface area contributed by atoms with Crippen LogP contribution in [0.2, 0.25) is 5.02 Å². The molecule has 4 amide bonds. The Morgan fingerprint density at radius 3 is 2.49 bits per heavy atom. The van der Waals surface area contributed by atoms with Crippen molar-refractivity contribution in [2.45, 2.75) is 13.5 Å². The molecular formula is C26H20ClIN2O5. The summed E-state index contributed by atoms with van der Waals surface area (Å²) in [6, 6.07) is 16.9. The van der Waals surface area contributed by atoms with Gasteiger partial charge in [0.25, 0.3) is 11.8 Å². The molecule has 0 atom stereocenters. The molecule has 35 heavy (non-hydrogen) atoms. The number of carbonyl (C=O) groups excluding carboxylic acids is 3. The predicted molar refractivity (Wildman–Crippen MR) is 142 cm³/mol. The van der Waals surface area contributed by atoms with Crippen LogP contribution in [0.3, 0.4) is 0 Å². The molecule has 7 nitrogen and oxygen atoms in total. The van der Waals surface area contributed by atoms with Crippen molar-refractivity contribution < 1.29 is 23.9 Å². The van der Waals surface area contributed by atoms with Crippen LogP contribution in [-0.2, 0) is 16.2 Å². The highest BCUT2D eigenvalue weighted by molar-refractivity contribution is 14.1. The number of amides is 4. The van der Waals surface area contributed by atoms with Crippen LogP contribution in [0.15, 0.2) is 66.2 Å². The summed E-state index contributed by atoms with van der Waals surface area (Å²) in [6.07, 6.45) is 1.43. The van der Waals surface area contributed by atoms with E-state index >= 15 is 0 Å². The number of urea groups is 1. The molecule has 1 heterocycles. The van der Waals surface area contributed by atoms with Gasteiger partial charge >= 0.3 is 6.03 Å². The van der Waals surface area contributed by atoms with E-state index in [1.165, 1.54) is 13.2 Å². The first-order chi connectivity index (χ1) is 16.8. The number of anilines is 1. The Hall–Kier alpha value is -3.37. The molecule has 1 N–H and O–H groups in total. The van der Waals surface area contributed by atoms with Gasteiger partial charge in [-0.25, -0.2) is 9.69 Å². The quantitative estimate of drug-likeness (QED) is 0.229. The summed E-state index contributed by atoms with van der Waals surface area (Å²) in [5, 5.41) is 2.88. The third kappa shape index (κ3) is 5.49. The summed E-state index contributed by atoms with van der Waals surface area (Å²) in [6.45, 7) is 2.15. The number of imide groups is 2. The second-order valence-electron chi connectivity index (χ2n) is 7.75. The van der Waals surface area contributed by atoms with Gasteiger partial charge in [0.15, 0.2) is 11.5 Å². The average molecular weight is 603 g/mol. The summed E-state index contributed by atoms with van der Waals surface area (Å²) in [7, 11) is 1.51. The number of aryl methyl sites for hydroxylation is 1. The highest BCUT2D eigenvalue weighted by Crippen LogP contribution is 2.35. The summed E-state index contributed by atoms with van der Waals surface area (Å²) in [4.78, 5) is 39.1. The van der Waals surface area contributed by atoms with Gasteiger partial charge in [-0.2, -0.15) is 0 Å². The zero-order chi connectivity index (χ0) is 25.1. The summed E-state index contributed by atoms with van der Waals surface area (Å²) in [5.41, 5.74) is 2.56. The number of carbonyl (C=O) groups is 3. The van der Waals surface area contributed by atoms with Gasteiger partial charge in [0, 0.05) is 5.02 Å². The van der Waals surface area contributed by atoms with Crippen LogP contribution in [0.1, 0.15) is 16.7 Å². The van der Waals surface area contributed by atoms with Crippen LogP contribution < -0.4 is 19.7 Å². The van der Waals surface area contributed by atoms with Crippen LogP contribution in [0.25, 0.3) is 6.08 Å². The van der Waals surface area contributed by atoms with Gasteiger partial charge in [-0.15, -0.1) is 0 Å². The summed E-state index contributed by atoms with van der Waals surface area (Å²) >= 11 is 8.04. The van der Waals surface area contributed by atoms with Crippen molar-refractivity contribution in [1.29, 1.82) is 0 Å². The smallest absolute Gasteiger partial charge is 0.335 e.